The molecule has 0 saturated carbocycles. The van der Waals surface area contributed by atoms with Gasteiger partial charge in [-0.1, -0.05) is 51.1 Å². The van der Waals surface area contributed by atoms with Gasteiger partial charge in [0.05, 0.1) is 0 Å². The van der Waals surface area contributed by atoms with Crippen LogP contribution in [0.2, 0.25) is 0 Å². The fourth-order valence-corrected chi connectivity index (χ4v) is 1.63. The number of nitrogens with one attached hydrogen (secondary N) is 1. The summed E-state index contributed by atoms with van der Waals surface area (Å²) < 4.78 is 0. The zero-order valence-electron chi connectivity index (χ0n) is 12.2. The third-order valence-electron chi connectivity index (χ3n) is 2.81. The van der Waals surface area contributed by atoms with Crippen molar-refractivity contribution in [1.29, 1.82) is 0 Å². The Morgan fingerprint density at radius 1 is 1.11 bits per heavy atom. The van der Waals surface area contributed by atoms with Crippen LogP contribution in [0.4, 0.5) is 4.79 Å². The maximum absolute atomic E-state index is 12.5. The van der Waals surface area contributed by atoms with Crippen molar-refractivity contribution in [3.63, 3.8) is 0 Å². The van der Waals surface area contributed by atoms with Crippen molar-refractivity contribution >= 4 is 11.8 Å². The molecule has 0 aromatic heterocycles. The Morgan fingerprint density at radius 2 is 1.63 bits per heavy atom. The predicted octanol–water partition coefficient (Wildman–Crippen LogP) is 2.61. The van der Waals surface area contributed by atoms with E-state index < -0.39 is 11.5 Å². The molecule has 0 heterocycles. The maximum atomic E-state index is 12.5. The van der Waals surface area contributed by atoms with E-state index in [1.165, 1.54) is 4.90 Å². The van der Waals surface area contributed by atoms with Gasteiger partial charge in [0, 0.05) is 19.5 Å². The van der Waals surface area contributed by atoms with Crippen molar-refractivity contribution in [2.45, 2.75) is 26.8 Å². The molecule has 1 aromatic carbocycles. The van der Waals surface area contributed by atoms with Gasteiger partial charge in [-0.05, 0) is 5.56 Å². The molecule has 1 atom stereocenters. The number of ketones is 1. The molecule has 2 amide bonds. The smallest absolute Gasteiger partial charge is 0.317 e. The average Bonchev–Trinajstić information content (AvgIpc) is 2.34. The first kappa shape index (κ1) is 15.2. The van der Waals surface area contributed by atoms with Crippen LogP contribution >= 0.6 is 0 Å². The Morgan fingerprint density at radius 3 is 2.05 bits per heavy atom. The van der Waals surface area contributed by atoms with E-state index in [1.54, 1.807) is 14.1 Å². The fourth-order valence-electron chi connectivity index (χ4n) is 1.63. The molecule has 4 nitrogen and oxygen atoms in total. The molecule has 0 aliphatic heterocycles. The highest BCUT2D eigenvalue weighted by molar-refractivity contribution is 5.92. The summed E-state index contributed by atoms with van der Waals surface area (Å²) in [7, 11) is 3.30. The lowest BCUT2D eigenvalue weighted by Gasteiger charge is -2.27. The lowest BCUT2D eigenvalue weighted by atomic mass is 9.84. The number of hydrogen-bond donors (Lipinski definition) is 1. The monoisotopic (exact) mass is 262 g/mol. The lowest BCUT2D eigenvalue weighted by Crippen LogP contribution is -2.43. The first-order valence-electron chi connectivity index (χ1n) is 6.30. The van der Waals surface area contributed by atoms with Crippen LogP contribution in [-0.4, -0.2) is 30.8 Å². The van der Waals surface area contributed by atoms with Crippen LogP contribution in [0.5, 0.6) is 0 Å². The van der Waals surface area contributed by atoms with Gasteiger partial charge in [-0.15, -0.1) is 0 Å². The van der Waals surface area contributed by atoms with Crippen LogP contribution < -0.4 is 5.32 Å². The van der Waals surface area contributed by atoms with Gasteiger partial charge >= 0.3 is 6.03 Å². The SMILES string of the molecule is CN(C)C(=O)N[C@@H](C(=O)C(C)(C)C)c1ccccc1. The van der Waals surface area contributed by atoms with E-state index in [-0.39, 0.29) is 11.8 Å². The Balaban J connectivity index is 3.06. The Hall–Kier alpha value is -1.84. The third kappa shape index (κ3) is 4.09. The Kier molecular flexibility index (Phi) is 4.70. The molecule has 0 aliphatic carbocycles. The van der Waals surface area contributed by atoms with Gasteiger partial charge in [-0.2, -0.15) is 0 Å². The highest BCUT2D eigenvalue weighted by Crippen LogP contribution is 2.25. The number of Topliss-reactive ketones (excluding diaryl/α,β-unsaturated/α-hetero) is 1. The number of carbonyl (C=O) groups excluding carboxylic acids is 2. The molecule has 0 aliphatic rings. The van der Waals surface area contributed by atoms with Crippen LogP contribution in [0.1, 0.15) is 32.4 Å². The number of hydrogen-bond acceptors (Lipinski definition) is 2. The summed E-state index contributed by atoms with van der Waals surface area (Å²) in [5.41, 5.74) is 0.290. The second-order valence-electron chi connectivity index (χ2n) is 5.80. The van der Waals surface area contributed by atoms with Crippen molar-refractivity contribution in [3.8, 4) is 0 Å². The van der Waals surface area contributed by atoms with E-state index in [4.69, 9.17) is 0 Å². The molecule has 1 aromatic rings. The number of benzene rings is 1. The highest BCUT2D eigenvalue weighted by Gasteiger charge is 2.32. The zero-order valence-corrected chi connectivity index (χ0v) is 12.2. The molecular formula is C15H22N2O2. The quantitative estimate of drug-likeness (QED) is 0.910. The maximum Gasteiger partial charge on any atom is 0.317 e. The van der Waals surface area contributed by atoms with E-state index in [1.807, 2.05) is 51.1 Å². The van der Waals surface area contributed by atoms with Crippen molar-refractivity contribution in [2.24, 2.45) is 5.41 Å². The van der Waals surface area contributed by atoms with Crippen LogP contribution in [0, 0.1) is 5.41 Å². The first-order valence-corrected chi connectivity index (χ1v) is 6.30. The predicted molar refractivity (Wildman–Crippen MR) is 75.9 cm³/mol. The molecule has 0 saturated heterocycles. The minimum absolute atomic E-state index is 0.00565. The summed E-state index contributed by atoms with van der Waals surface area (Å²) in [6.45, 7) is 5.56. The molecule has 0 radical (unpaired) electrons. The van der Waals surface area contributed by atoms with Crippen molar-refractivity contribution in [3.05, 3.63) is 35.9 Å². The molecular weight excluding hydrogens is 240 g/mol. The van der Waals surface area contributed by atoms with E-state index in [0.717, 1.165) is 5.56 Å². The summed E-state index contributed by atoms with van der Waals surface area (Å²) in [4.78, 5) is 25.7. The number of carbonyl (C=O) groups is 2. The van der Waals surface area contributed by atoms with Gasteiger partial charge in [0.15, 0.2) is 5.78 Å². The Labute approximate surface area is 114 Å². The van der Waals surface area contributed by atoms with Gasteiger partial charge in [-0.25, -0.2) is 4.79 Å². The number of amides is 2. The molecule has 0 spiro atoms. The van der Waals surface area contributed by atoms with Crippen molar-refractivity contribution in [1.82, 2.24) is 10.2 Å². The second kappa shape index (κ2) is 5.87. The fraction of sp³-hybridized carbons (Fsp3) is 0.467. The summed E-state index contributed by atoms with van der Waals surface area (Å²) in [6.07, 6.45) is 0. The molecule has 19 heavy (non-hydrogen) atoms. The van der Waals surface area contributed by atoms with Gasteiger partial charge in [0.2, 0.25) is 0 Å². The van der Waals surface area contributed by atoms with Gasteiger partial charge in [0.25, 0.3) is 0 Å². The number of rotatable bonds is 3. The van der Waals surface area contributed by atoms with E-state index in [2.05, 4.69) is 5.32 Å². The first-order chi connectivity index (χ1) is 8.73. The van der Waals surface area contributed by atoms with Gasteiger partial charge < -0.3 is 10.2 Å². The lowest BCUT2D eigenvalue weighted by molar-refractivity contribution is -0.128. The topological polar surface area (TPSA) is 49.4 Å². The van der Waals surface area contributed by atoms with Crippen LogP contribution in [0.15, 0.2) is 30.3 Å². The molecule has 0 bridgehead atoms. The summed E-state index contributed by atoms with van der Waals surface area (Å²) >= 11 is 0. The summed E-state index contributed by atoms with van der Waals surface area (Å²) in [5.74, 6) is -0.00565. The molecule has 104 valence electrons. The molecule has 1 rings (SSSR count). The second-order valence-corrected chi connectivity index (χ2v) is 5.80. The van der Waals surface area contributed by atoms with Crippen LogP contribution in [0.25, 0.3) is 0 Å². The number of nitrogens with zero attached hydrogens (tertiary/aromatic N) is 1. The van der Waals surface area contributed by atoms with Crippen molar-refractivity contribution < 1.29 is 9.59 Å². The third-order valence-corrected chi connectivity index (χ3v) is 2.81. The normalized spacial score (nSPS) is 12.7. The molecule has 4 heteroatoms. The molecule has 1 N–H and O–H groups in total. The zero-order chi connectivity index (χ0) is 14.6. The molecule has 0 fully saturated rings. The number of urea groups is 1. The van der Waals surface area contributed by atoms with Gasteiger partial charge in [0.1, 0.15) is 6.04 Å². The van der Waals surface area contributed by atoms with Crippen molar-refractivity contribution in [2.75, 3.05) is 14.1 Å². The van der Waals surface area contributed by atoms with Gasteiger partial charge in [-0.3, -0.25) is 4.79 Å². The standard InChI is InChI=1S/C15H22N2O2/c1-15(2,3)13(18)12(16-14(19)17(4)5)11-9-7-6-8-10-11/h6-10,12H,1-5H3,(H,16,19)/t12-/m1/s1. The molecule has 0 unspecified atom stereocenters. The van der Waals surface area contributed by atoms with E-state index in [0.29, 0.717) is 0 Å². The minimum atomic E-state index is -0.615. The van der Waals surface area contributed by atoms with E-state index in [9.17, 15) is 9.59 Å². The Bertz CT molecular complexity index is 447. The highest BCUT2D eigenvalue weighted by atomic mass is 16.2. The largest absolute Gasteiger partial charge is 0.331 e. The van der Waals surface area contributed by atoms with Crippen LogP contribution in [0.3, 0.4) is 0 Å². The van der Waals surface area contributed by atoms with E-state index >= 15 is 0 Å². The average molecular weight is 262 g/mol. The van der Waals surface area contributed by atoms with Crippen LogP contribution in [-0.2, 0) is 4.79 Å². The summed E-state index contributed by atoms with van der Waals surface area (Å²) in [6, 6.07) is 8.42. The summed E-state index contributed by atoms with van der Waals surface area (Å²) in [5, 5.41) is 2.78. The minimum Gasteiger partial charge on any atom is -0.331 e.